The van der Waals surface area contributed by atoms with Crippen LogP contribution in [0.15, 0.2) is 48.5 Å². The van der Waals surface area contributed by atoms with Crippen LogP contribution in [0.4, 0.5) is 0 Å². The predicted molar refractivity (Wildman–Crippen MR) is 119 cm³/mol. The summed E-state index contributed by atoms with van der Waals surface area (Å²) in [7, 11) is 2.93. The van der Waals surface area contributed by atoms with Crippen molar-refractivity contribution in [2.45, 2.75) is 12.5 Å². The minimum absolute atomic E-state index is 0.0602. The lowest BCUT2D eigenvalue weighted by atomic mass is 10.1. The summed E-state index contributed by atoms with van der Waals surface area (Å²) in [4.78, 5) is 16.7. The average molecular weight is 427 g/mol. The molecule has 7 nitrogen and oxygen atoms in total. The topological polar surface area (TPSA) is 82.5 Å². The second-order valence-electron chi connectivity index (χ2n) is 7.49. The molecular formula is C24H30N2O5. The molecule has 1 atom stereocenters. The molecule has 2 aromatic carbocycles. The van der Waals surface area contributed by atoms with Gasteiger partial charge in [-0.3, -0.25) is 9.69 Å². The molecule has 1 fully saturated rings. The summed E-state index contributed by atoms with van der Waals surface area (Å²) in [6.07, 6.45) is 3.42. The van der Waals surface area contributed by atoms with Crippen LogP contribution in [0.25, 0.3) is 6.08 Å². The lowest BCUT2D eigenvalue weighted by molar-refractivity contribution is -0.127. The van der Waals surface area contributed by atoms with Crippen LogP contribution in [0.2, 0.25) is 0 Å². The Hall–Kier alpha value is -3.03. The number of carbonyl (C=O) groups is 1. The molecule has 7 heteroatoms. The maximum atomic E-state index is 12.6. The molecule has 1 amide bonds. The Balaban J connectivity index is 1.49. The highest BCUT2D eigenvalue weighted by molar-refractivity contribution is 5.92. The first-order chi connectivity index (χ1) is 15.0. The number of ether oxygens (including phenoxy) is 2. The molecule has 0 spiro atoms. The highest BCUT2D eigenvalue weighted by Gasteiger charge is 2.20. The molecule has 1 aliphatic heterocycles. The van der Waals surface area contributed by atoms with Gasteiger partial charge in [0.05, 0.1) is 20.3 Å². The third kappa shape index (κ3) is 5.99. The third-order valence-electron chi connectivity index (χ3n) is 5.51. The zero-order chi connectivity index (χ0) is 22.2. The van der Waals surface area contributed by atoms with Gasteiger partial charge in [-0.2, -0.15) is 0 Å². The van der Waals surface area contributed by atoms with E-state index in [0.29, 0.717) is 25.1 Å². The molecule has 166 valence electrons. The lowest BCUT2D eigenvalue weighted by Crippen LogP contribution is -2.48. The first kappa shape index (κ1) is 22.7. The van der Waals surface area contributed by atoms with E-state index in [1.165, 1.54) is 20.3 Å². The Labute approximate surface area is 183 Å². The van der Waals surface area contributed by atoms with E-state index < -0.39 is 6.10 Å². The number of rotatable bonds is 8. The lowest BCUT2D eigenvalue weighted by Gasteiger charge is -2.34. The second-order valence-corrected chi connectivity index (χ2v) is 7.49. The van der Waals surface area contributed by atoms with Crippen molar-refractivity contribution in [2.75, 3.05) is 46.9 Å². The molecule has 1 unspecified atom stereocenters. The van der Waals surface area contributed by atoms with Crippen molar-refractivity contribution in [1.29, 1.82) is 0 Å². The fourth-order valence-corrected chi connectivity index (χ4v) is 3.62. The average Bonchev–Trinajstić information content (AvgIpc) is 2.82. The number of aliphatic hydroxyl groups excluding tert-OH is 1. The normalized spacial score (nSPS) is 15.8. The van der Waals surface area contributed by atoms with Gasteiger partial charge in [0.15, 0.2) is 11.5 Å². The van der Waals surface area contributed by atoms with Gasteiger partial charge in [-0.05, 0) is 35.8 Å². The van der Waals surface area contributed by atoms with Gasteiger partial charge < -0.3 is 24.6 Å². The Kier molecular flexibility index (Phi) is 7.92. The maximum Gasteiger partial charge on any atom is 0.246 e. The summed E-state index contributed by atoms with van der Waals surface area (Å²) < 4.78 is 10.3. The molecule has 2 N–H and O–H groups in total. The summed E-state index contributed by atoms with van der Waals surface area (Å²) in [5.74, 6) is 0.451. The van der Waals surface area contributed by atoms with Crippen LogP contribution in [0.3, 0.4) is 0 Å². The number of amides is 1. The molecule has 1 heterocycles. The highest BCUT2D eigenvalue weighted by Crippen LogP contribution is 2.37. The van der Waals surface area contributed by atoms with Crippen LogP contribution >= 0.6 is 0 Å². The number of aromatic hydroxyl groups is 1. The van der Waals surface area contributed by atoms with Crippen molar-refractivity contribution in [3.63, 3.8) is 0 Å². The number of hydrogen-bond acceptors (Lipinski definition) is 6. The number of methoxy groups -OCH3 is 2. The van der Waals surface area contributed by atoms with Crippen molar-refractivity contribution in [3.8, 4) is 17.2 Å². The first-order valence-corrected chi connectivity index (χ1v) is 10.4. The highest BCUT2D eigenvalue weighted by atomic mass is 16.5. The number of benzene rings is 2. The van der Waals surface area contributed by atoms with Crippen LogP contribution in [0.1, 0.15) is 23.7 Å². The number of hydrogen-bond donors (Lipinski definition) is 2. The van der Waals surface area contributed by atoms with Crippen molar-refractivity contribution < 1.29 is 24.5 Å². The summed E-state index contributed by atoms with van der Waals surface area (Å²) in [5.41, 5.74) is 1.64. The van der Waals surface area contributed by atoms with Gasteiger partial charge in [-0.1, -0.05) is 30.3 Å². The van der Waals surface area contributed by atoms with Gasteiger partial charge in [0, 0.05) is 38.8 Å². The van der Waals surface area contributed by atoms with E-state index in [-0.39, 0.29) is 23.2 Å². The van der Waals surface area contributed by atoms with Crippen molar-refractivity contribution in [3.05, 3.63) is 59.7 Å². The Bertz CT molecular complexity index is 867. The molecule has 0 aromatic heterocycles. The van der Waals surface area contributed by atoms with Gasteiger partial charge in [0.1, 0.15) is 0 Å². The van der Waals surface area contributed by atoms with E-state index in [4.69, 9.17) is 9.47 Å². The van der Waals surface area contributed by atoms with Gasteiger partial charge in [-0.25, -0.2) is 0 Å². The Morgan fingerprint density at radius 1 is 1.06 bits per heavy atom. The van der Waals surface area contributed by atoms with Crippen LogP contribution in [-0.2, 0) is 4.79 Å². The number of piperazine rings is 1. The maximum absolute atomic E-state index is 12.6. The van der Waals surface area contributed by atoms with E-state index >= 15 is 0 Å². The molecule has 0 bridgehead atoms. The predicted octanol–water partition coefficient (Wildman–Crippen LogP) is 2.69. The number of phenols is 1. The Morgan fingerprint density at radius 2 is 1.68 bits per heavy atom. The molecule has 31 heavy (non-hydrogen) atoms. The zero-order valence-corrected chi connectivity index (χ0v) is 18.0. The fraction of sp³-hybridized carbons (Fsp3) is 0.375. The summed E-state index contributed by atoms with van der Waals surface area (Å²) >= 11 is 0. The molecule has 0 saturated carbocycles. The van der Waals surface area contributed by atoms with Gasteiger partial charge in [0.25, 0.3) is 0 Å². The number of nitrogens with zero attached hydrogens (tertiary/aromatic N) is 2. The molecular weight excluding hydrogens is 396 g/mol. The van der Waals surface area contributed by atoms with Crippen LogP contribution in [0, 0.1) is 0 Å². The summed E-state index contributed by atoms with van der Waals surface area (Å²) in [6, 6.07) is 13.0. The van der Waals surface area contributed by atoms with Gasteiger partial charge >= 0.3 is 0 Å². The molecule has 0 aliphatic carbocycles. The van der Waals surface area contributed by atoms with E-state index in [1.54, 1.807) is 18.2 Å². The monoisotopic (exact) mass is 426 g/mol. The van der Waals surface area contributed by atoms with Crippen molar-refractivity contribution in [2.24, 2.45) is 0 Å². The molecule has 1 saturated heterocycles. The van der Waals surface area contributed by atoms with E-state index in [1.807, 2.05) is 35.2 Å². The van der Waals surface area contributed by atoms with Crippen molar-refractivity contribution >= 4 is 12.0 Å². The molecule has 0 radical (unpaired) electrons. The van der Waals surface area contributed by atoms with E-state index in [9.17, 15) is 15.0 Å². The van der Waals surface area contributed by atoms with Crippen molar-refractivity contribution in [1.82, 2.24) is 9.80 Å². The van der Waals surface area contributed by atoms with Crippen LogP contribution in [0.5, 0.6) is 17.2 Å². The van der Waals surface area contributed by atoms with Crippen LogP contribution in [-0.4, -0.2) is 72.9 Å². The molecule has 3 rings (SSSR count). The minimum atomic E-state index is -0.469. The fourth-order valence-electron chi connectivity index (χ4n) is 3.62. The number of carbonyl (C=O) groups excluding carboxylic acids is 1. The largest absolute Gasteiger partial charge is 0.502 e. The van der Waals surface area contributed by atoms with E-state index in [0.717, 1.165) is 25.2 Å². The number of aliphatic hydroxyl groups is 1. The minimum Gasteiger partial charge on any atom is -0.502 e. The van der Waals surface area contributed by atoms with Gasteiger partial charge in [0.2, 0.25) is 11.7 Å². The van der Waals surface area contributed by atoms with Crippen LogP contribution < -0.4 is 9.47 Å². The summed E-state index contributed by atoms with van der Waals surface area (Å²) in [5, 5.41) is 20.3. The second kappa shape index (κ2) is 10.8. The summed E-state index contributed by atoms with van der Waals surface area (Å²) in [6.45, 7) is 3.64. The molecule has 2 aromatic rings. The SMILES string of the molecule is COc1cc(C=CC(=O)N2CCN(CCC(O)c3ccccc3)CC2)cc(OC)c1O. The smallest absolute Gasteiger partial charge is 0.246 e. The van der Waals surface area contributed by atoms with Gasteiger partial charge in [-0.15, -0.1) is 0 Å². The Morgan fingerprint density at radius 3 is 2.26 bits per heavy atom. The third-order valence-corrected chi connectivity index (χ3v) is 5.51. The standard InChI is InChI=1S/C24H30N2O5/c1-30-21-16-18(17-22(31-2)24(21)29)8-9-23(28)26-14-12-25(13-15-26)11-10-20(27)19-6-4-3-5-7-19/h3-9,16-17,20,27,29H,10-15H2,1-2H3. The zero-order valence-electron chi connectivity index (χ0n) is 18.0. The van der Waals surface area contributed by atoms with E-state index in [2.05, 4.69) is 4.90 Å². The first-order valence-electron chi connectivity index (χ1n) is 10.4. The molecule has 1 aliphatic rings. The number of phenolic OH excluding ortho intramolecular Hbond substituents is 1. The quantitative estimate of drug-likeness (QED) is 0.632.